The van der Waals surface area contributed by atoms with Gasteiger partial charge >= 0.3 is 5.97 Å². The van der Waals surface area contributed by atoms with Crippen LogP contribution in [0.4, 0.5) is 5.69 Å². The van der Waals surface area contributed by atoms with E-state index in [1.54, 1.807) is 12.1 Å². The van der Waals surface area contributed by atoms with Crippen LogP contribution in [0.2, 0.25) is 5.02 Å². The Kier molecular flexibility index (Phi) is 8.54. The summed E-state index contributed by atoms with van der Waals surface area (Å²) in [5, 5.41) is 3.72. The molecular formula is C20H30ClN3O4. The number of nitrogens with zero attached hydrogens (tertiary/aromatic N) is 1. The molecule has 0 bridgehead atoms. The number of nitrogen functional groups attached to an aromatic ring is 1. The number of methoxy groups -OCH3 is 2. The van der Waals surface area contributed by atoms with Gasteiger partial charge in [0, 0.05) is 25.1 Å². The van der Waals surface area contributed by atoms with E-state index in [2.05, 4.69) is 21.9 Å². The number of carbonyl (C=O) groups excluding carboxylic acids is 2. The molecule has 0 unspecified atom stereocenters. The number of ketones is 1. The molecule has 1 aromatic rings. The van der Waals surface area contributed by atoms with Gasteiger partial charge in [-0.25, -0.2) is 0 Å². The molecule has 0 saturated carbocycles. The first kappa shape index (κ1) is 22.5. The molecule has 1 aliphatic rings. The SMILES string of the molecule is COC(=O)CCCN1CC[C@@H](NCC(=O)c2cc(Cl)c(N)cc2OC)[C@@H](C)C1. The molecule has 1 fully saturated rings. The normalized spacial score (nSPS) is 20.0. The van der Waals surface area contributed by atoms with Gasteiger partial charge in [-0.1, -0.05) is 18.5 Å². The molecule has 0 spiro atoms. The number of ether oxygens (including phenoxy) is 2. The van der Waals surface area contributed by atoms with E-state index < -0.39 is 0 Å². The number of esters is 1. The van der Waals surface area contributed by atoms with Crippen LogP contribution in [0.3, 0.4) is 0 Å². The molecule has 8 heteroatoms. The van der Waals surface area contributed by atoms with Crippen LogP contribution in [0.15, 0.2) is 12.1 Å². The van der Waals surface area contributed by atoms with Crippen molar-refractivity contribution in [3.8, 4) is 5.75 Å². The first-order valence-electron chi connectivity index (χ1n) is 9.54. The van der Waals surface area contributed by atoms with Gasteiger partial charge in [-0.05, 0) is 37.9 Å². The van der Waals surface area contributed by atoms with Crippen LogP contribution in [-0.2, 0) is 9.53 Å². The number of benzene rings is 1. The largest absolute Gasteiger partial charge is 0.496 e. The van der Waals surface area contributed by atoms with E-state index in [0.29, 0.717) is 34.4 Å². The van der Waals surface area contributed by atoms with Crippen molar-refractivity contribution in [3.05, 3.63) is 22.7 Å². The van der Waals surface area contributed by atoms with Crippen molar-refractivity contribution in [1.82, 2.24) is 10.2 Å². The summed E-state index contributed by atoms with van der Waals surface area (Å²) in [4.78, 5) is 26.2. The van der Waals surface area contributed by atoms with Gasteiger partial charge in [0.2, 0.25) is 0 Å². The minimum absolute atomic E-state index is 0.0774. The molecule has 28 heavy (non-hydrogen) atoms. The van der Waals surface area contributed by atoms with E-state index in [1.165, 1.54) is 14.2 Å². The molecular weight excluding hydrogens is 382 g/mol. The highest BCUT2D eigenvalue weighted by Gasteiger charge is 2.26. The minimum atomic E-state index is -0.165. The van der Waals surface area contributed by atoms with E-state index in [4.69, 9.17) is 22.1 Å². The third-order valence-electron chi connectivity index (χ3n) is 5.22. The maximum absolute atomic E-state index is 12.6. The first-order chi connectivity index (χ1) is 13.3. The summed E-state index contributed by atoms with van der Waals surface area (Å²) in [5.74, 6) is 0.589. The number of rotatable bonds is 9. The highest BCUT2D eigenvalue weighted by molar-refractivity contribution is 6.33. The Labute approximate surface area is 171 Å². The summed E-state index contributed by atoms with van der Waals surface area (Å²) in [6, 6.07) is 3.40. The van der Waals surface area contributed by atoms with Crippen LogP contribution in [0.25, 0.3) is 0 Å². The lowest BCUT2D eigenvalue weighted by Gasteiger charge is -2.37. The Balaban J connectivity index is 1.83. The lowest BCUT2D eigenvalue weighted by atomic mass is 9.93. The van der Waals surface area contributed by atoms with E-state index in [9.17, 15) is 9.59 Å². The van der Waals surface area contributed by atoms with Crippen molar-refractivity contribution in [2.24, 2.45) is 5.92 Å². The molecule has 0 aliphatic carbocycles. The fourth-order valence-electron chi connectivity index (χ4n) is 3.56. The van der Waals surface area contributed by atoms with E-state index in [-0.39, 0.29) is 24.3 Å². The average molecular weight is 412 g/mol. The monoisotopic (exact) mass is 411 g/mol. The smallest absolute Gasteiger partial charge is 0.305 e. The quantitative estimate of drug-likeness (QED) is 0.366. The van der Waals surface area contributed by atoms with Gasteiger partial charge in [0.1, 0.15) is 5.75 Å². The molecule has 1 aliphatic heterocycles. The fraction of sp³-hybridized carbons (Fsp3) is 0.600. The van der Waals surface area contributed by atoms with Gasteiger partial charge in [-0.2, -0.15) is 0 Å². The number of nitrogens with one attached hydrogen (secondary N) is 1. The van der Waals surface area contributed by atoms with E-state index >= 15 is 0 Å². The van der Waals surface area contributed by atoms with Crippen LogP contribution < -0.4 is 15.8 Å². The number of halogens is 1. The predicted molar refractivity (Wildman–Crippen MR) is 110 cm³/mol. The topological polar surface area (TPSA) is 93.9 Å². The number of hydrogen-bond acceptors (Lipinski definition) is 7. The third-order valence-corrected chi connectivity index (χ3v) is 5.54. The average Bonchev–Trinajstić information content (AvgIpc) is 2.68. The molecule has 156 valence electrons. The van der Waals surface area contributed by atoms with Gasteiger partial charge in [-0.3, -0.25) is 9.59 Å². The number of Topliss-reactive ketones (excluding diaryl/α,β-unsaturated/α-hetero) is 1. The fourth-order valence-corrected chi connectivity index (χ4v) is 3.73. The maximum Gasteiger partial charge on any atom is 0.305 e. The second-order valence-electron chi connectivity index (χ2n) is 7.23. The van der Waals surface area contributed by atoms with Gasteiger partial charge in [0.15, 0.2) is 5.78 Å². The van der Waals surface area contributed by atoms with Crippen LogP contribution >= 0.6 is 11.6 Å². The van der Waals surface area contributed by atoms with Crippen molar-refractivity contribution in [2.45, 2.75) is 32.2 Å². The molecule has 2 rings (SSSR count). The van der Waals surface area contributed by atoms with Crippen molar-refractivity contribution in [1.29, 1.82) is 0 Å². The van der Waals surface area contributed by atoms with Gasteiger partial charge < -0.3 is 25.4 Å². The molecule has 0 amide bonds. The Bertz CT molecular complexity index is 698. The van der Waals surface area contributed by atoms with Crippen molar-refractivity contribution in [3.63, 3.8) is 0 Å². The lowest BCUT2D eigenvalue weighted by Crippen LogP contribution is -2.49. The number of carbonyl (C=O) groups is 2. The molecule has 1 heterocycles. The van der Waals surface area contributed by atoms with Gasteiger partial charge in [0.25, 0.3) is 0 Å². The standard InChI is InChI=1S/C20H30ClN3O4/c1-13-12-24(7-4-5-20(26)28-3)8-6-17(13)23-11-18(25)14-9-15(21)16(22)10-19(14)27-2/h9-10,13,17,23H,4-8,11-12,22H2,1-3H3/t13-,17+/m0/s1. The highest BCUT2D eigenvalue weighted by atomic mass is 35.5. The summed E-state index contributed by atoms with van der Waals surface area (Å²) in [6.45, 7) is 5.15. The predicted octanol–water partition coefficient (Wildman–Crippen LogP) is 2.37. The van der Waals surface area contributed by atoms with Gasteiger partial charge in [-0.15, -0.1) is 0 Å². The Hall–Kier alpha value is -1.83. The zero-order chi connectivity index (χ0) is 20.7. The summed E-state index contributed by atoms with van der Waals surface area (Å²) < 4.78 is 9.94. The Morgan fingerprint density at radius 2 is 2.11 bits per heavy atom. The summed E-state index contributed by atoms with van der Waals surface area (Å²) in [7, 11) is 2.92. The van der Waals surface area contributed by atoms with Crippen LogP contribution in [0, 0.1) is 5.92 Å². The summed E-state index contributed by atoms with van der Waals surface area (Å²) in [6.07, 6.45) is 2.20. The third kappa shape index (κ3) is 6.09. The zero-order valence-corrected chi connectivity index (χ0v) is 17.6. The van der Waals surface area contributed by atoms with Crippen LogP contribution in [0.5, 0.6) is 5.75 Å². The Morgan fingerprint density at radius 3 is 2.75 bits per heavy atom. The molecule has 1 aromatic carbocycles. The van der Waals surface area contributed by atoms with Crippen LogP contribution in [0.1, 0.15) is 36.5 Å². The number of anilines is 1. The zero-order valence-electron chi connectivity index (χ0n) is 16.8. The van der Waals surface area contributed by atoms with Crippen molar-refractivity contribution < 1.29 is 19.1 Å². The number of hydrogen-bond donors (Lipinski definition) is 2. The van der Waals surface area contributed by atoms with E-state index in [0.717, 1.165) is 32.5 Å². The molecule has 1 saturated heterocycles. The molecule has 2 atom stereocenters. The van der Waals surface area contributed by atoms with Gasteiger partial charge in [0.05, 0.1) is 37.0 Å². The summed E-state index contributed by atoms with van der Waals surface area (Å²) >= 11 is 6.06. The summed E-state index contributed by atoms with van der Waals surface area (Å²) in [5.41, 5.74) is 6.60. The molecule has 0 radical (unpaired) electrons. The minimum Gasteiger partial charge on any atom is -0.496 e. The molecule has 7 nitrogen and oxygen atoms in total. The van der Waals surface area contributed by atoms with Crippen molar-refractivity contribution in [2.75, 3.05) is 46.1 Å². The highest BCUT2D eigenvalue weighted by Crippen LogP contribution is 2.29. The van der Waals surface area contributed by atoms with Crippen molar-refractivity contribution >= 4 is 29.0 Å². The number of nitrogens with two attached hydrogens (primary N) is 1. The Morgan fingerprint density at radius 1 is 1.36 bits per heavy atom. The molecule has 0 aromatic heterocycles. The lowest BCUT2D eigenvalue weighted by molar-refractivity contribution is -0.140. The second-order valence-corrected chi connectivity index (χ2v) is 7.64. The second kappa shape index (κ2) is 10.6. The maximum atomic E-state index is 12.6. The number of likely N-dealkylation sites (tertiary alicyclic amines) is 1. The number of piperidine rings is 1. The van der Waals surface area contributed by atoms with Crippen LogP contribution in [-0.4, -0.2) is 63.1 Å². The molecule has 3 N–H and O–H groups in total. The first-order valence-corrected chi connectivity index (χ1v) is 9.92. The van der Waals surface area contributed by atoms with E-state index in [1.807, 2.05) is 0 Å².